The molecule has 5 rings (SSSR count). The summed E-state index contributed by atoms with van der Waals surface area (Å²) >= 11 is 11.7. The van der Waals surface area contributed by atoms with Crippen molar-refractivity contribution in [3.05, 3.63) is 99.1 Å². The minimum Gasteiger partial charge on any atom is -0.367 e. The Labute approximate surface area is 215 Å². The van der Waals surface area contributed by atoms with Crippen molar-refractivity contribution in [2.75, 3.05) is 16.3 Å². The average molecular weight is 502 g/mol. The highest BCUT2D eigenvalue weighted by Crippen LogP contribution is 2.32. The van der Waals surface area contributed by atoms with Gasteiger partial charge in [-0.15, -0.1) is 0 Å². The Balaban J connectivity index is 1.42. The molecule has 0 bridgehead atoms. The lowest BCUT2D eigenvalue weighted by Crippen LogP contribution is -2.54. The Kier molecular flexibility index (Phi) is 6.17. The van der Waals surface area contributed by atoms with Gasteiger partial charge in [-0.25, -0.2) is 0 Å². The molecule has 1 N–H and O–H groups in total. The van der Waals surface area contributed by atoms with Crippen LogP contribution in [-0.4, -0.2) is 23.5 Å². The van der Waals surface area contributed by atoms with Crippen LogP contribution in [0.25, 0.3) is 6.08 Å². The van der Waals surface area contributed by atoms with Gasteiger partial charge < -0.3 is 4.90 Å². The second-order valence-corrected chi connectivity index (χ2v) is 9.67. The summed E-state index contributed by atoms with van der Waals surface area (Å²) in [6, 6.07) is 19.6. The average Bonchev–Trinajstić information content (AvgIpc) is 3.22. The zero-order valence-corrected chi connectivity index (χ0v) is 21.0. The molecule has 0 aliphatic carbocycles. The van der Waals surface area contributed by atoms with Crippen molar-refractivity contribution in [1.82, 2.24) is 5.32 Å². The summed E-state index contributed by atoms with van der Waals surface area (Å²) in [7, 11) is 0. The standard InChI is InChI=1S/C28H24ClN3O2S/c1-17-7-9-22(13-18(17)2)32-27(34)23(26(33)30-28(32)35)15-19-8-10-25-20(14-19)11-12-31(25)16-21-5-3-4-6-24(21)29/h3-10,13-15H,11-12,16H2,1-2H3,(H,30,33,35)/b23-15+. The van der Waals surface area contributed by atoms with Crippen molar-refractivity contribution in [2.45, 2.75) is 26.8 Å². The fourth-order valence-electron chi connectivity index (χ4n) is 4.50. The molecule has 35 heavy (non-hydrogen) atoms. The van der Waals surface area contributed by atoms with Gasteiger partial charge in [-0.1, -0.05) is 41.9 Å². The largest absolute Gasteiger partial charge is 0.367 e. The van der Waals surface area contributed by atoms with E-state index in [2.05, 4.69) is 10.2 Å². The van der Waals surface area contributed by atoms with Crippen LogP contribution in [0.2, 0.25) is 5.02 Å². The van der Waals surface area contributed by atoms with E-state index in [1.165, 1.54) is 10.5 Å². The van der Waals surface area contributed by atoms with E-state index in [1.54, 1.807) is 6.08 Å². The normalized spacial score (nSPS) is 16.7. The molecule has 1 saturated heterocycles. The number of carbonyl (C=O) groups is 2. The van der Waals surface area contributed by atoms with Crippen LogP contribution in [0.4, 0.5) is 11.4 Å². The number of nitrogens with one attached hydrogen (secondary N) is 1. The van der Waals surface area contributed by atoms with Gasteiger partial charge in [-0.05, 0) is 96.7 Å². The Hall–Kier alpha value is -3.48. The van der Waals surface area contributed by atoms with Crippen LogP contribution in [0.15, 0.2) is 66.2 Å². The van der Waals surface area contributed by atoms with Gasteiger partial charge in [-0.3, -0.25) is 19.8 Å². The summed E-state index contributed by atoms with van der Waals surface area (Å²) in [6.07, 6.45) is 2.53. The van der Waals surface area contributed by atoms with Gasteiger partial charge in [0, 0.05) is 23.8 Å². The zero-order chi connectivity index (χ0) is 24.7. The molecule has 0 spiro atoms. The molecule has 2 aliphatic rings. The molecular weight excluding hydrogens is 478 g/mol. The smallest absolute Gasteiger partial charge is 0.270 e. The fourth-order valence-corrected chi connectivity index (χ4v) is 4.98. The third-order valence-corrected chi connectivity index (χ3v) is 7.23. The summed E-state index contributed by atoms with van der Waals surface area (Å²) in [5.74, 6) is -0.913. The number of hydrogen-bond donors (Lipinski definition) is 1. The van der Waals surface area contributed by atoms with Crippen LogP contribution < -0.4 is 15.1 Å². The maximum atomic E-state index is 13.4. The Bertz CT molecular complexity index is 1420. The highest BCUT2D eigenvalue weighted by atomic mass is 35.5. The lowest BCUT2D eigenvalue weighted by Gasteiger charge is -2.29. The number of carbonyl (C=O) groups excluding carboxylic acids is 2. The molecule has 7 heteroatoms. The van der Waals surface area contributed by atoms with Crippen LogP contribution in [0.5, 0.6) is 0 Å². The summed E-state index contributed by atoms with van der Waals surface area (Å²) in [5, 5.41) is 3.51. The van der Waals surface area contributed by atoms with Gasteiger partial charge in [-0.2, -0.15) is 0 Å². The predicted octanol–water partition coefficient (Wildman–Crippen LogP) is 5.35. The fraction of sp³-hybridized carbons (Fsp3) is 0.179. The first kappa shape index (κ1) is 23.3. The summed E-state index contributed by atoms with van der Waals surface area (Å²) in [4.78, 5) is 29.7. The SMILES string of the molecule is Cc1ccc(N2C(=O)/C(=C/c3ccc4c(c3)CCN4Cc3ccccc3Cl)C(=O)NC2=S)cc1C. The topological polar surface area (TPSA) is 52.7 Å². The third kappa shape index (κ3) is 4.47. The van der Waals surface area contributed by atoms with E-state index >= 15 is 0 Å². The number of fused-ring (bicyclic) bond motifs is 1. The number of anilines is 2. The maximum Gasteiger partial charge on any atom is 0.270 e. The molecule has 0 radical (unpaired) electrons. The van der Waals surface area contributed by atoms with Gasteiger partial charge in [0.1, 0.15) is 5.57 Å². The van der Waals surface area contributed by atoms with Gasteiger partial charge in [0.2, 0.25) is 0 Å². The van der Waals surface area contributed by atoms with Crippen molar-refractivity contribution >= 4 is 58.2 Å². The Morgan fingerprint density at radius 3 is 2.60 bits per heavy atom. The van der Waals surface area contributed by atoms with Crippen molar-refractivity contribution in [3.63, 3.8) is 0 Å². The predicted molar refractivity (Wildman–Crippen MR) is 145 cm³/mol. The lowest BCUT2D eigenvalue weighted by atomic mass is 10.0. The van der Waals surface area contributed by atoms with E-state index in [-0.39, 0.29) is 10.7 Å². The number of rotatable bonds is 4. The van der Waals surface area contributed by atoms with Gasteiger partial charge >= 0.3 is 0 Å². The highest BCUT2D eigenvalue weighted by Gasteiger charge is 2.34. The molecule has 1 fully saturated rings. The van der Waals surface area contributed by atoms with E-state index in [0.717, 1.165) is 52.5 Å². The molecule has 0 saturated carbocycles. The number of halogens is 1. The van der Waals surface area contributed by atoms with Crippen LogP contribution in [0, 0.1) is 13.8 Å². The molecule has 3 aromatic rings. The monoisotopic (exact) mass is 501 g/mol. The minimum absolute atomic E-state index is 0.0581. The number of nitrogens with zero attached hydrogens (tertiary/aromatic N) is 2. The van der Waals surface area contributed by atoms with E-state index in [4.69, 9.17) is 23.8 Å². The molecule has 3 aromatic carbocycles. The zero-order valence-electron chi connectivity index (χ0n) is 19.5. The van der Waals surface area contributed by atoms with E-state index in [1.807, 2.05) is 74.5 Å². The van der Waals surface area contributed by atoms with Crippen LogP contribution >= 0.6 is 23.8 Å². The number of amides is 2. The van der Waals surface area contributed by atoms with Crippen molar-refractivity contribution in [3.8, 4) is 0 Å². The minimum atomic E-state index is -0.485. The van der Waals surface area contributed by atoms with Crippen LogP contribution in [0.1, 0.15) is 27.8 Å². The Morgan fingerprint density at radius 2 is 1.83 bits per heavy atom. The first-order valence-electron chi connectivity index (χ1n) is 11.4. The maximum absolute atomic E-state index is 13.4. The third-order valence-electron chi connectivity index (χ3n) is 6.58. The first-order chi connectivity index (χ1) is 16.8. The molecule has 2 amide bonds. The molecule has 2 heterocycles. The van der Waals surface area contributed by atoms with E-state index < -0.39 is 11.8 Å². The van der Waals surface area contributed by atoms with Crippen molar-refractivity contribution in [1.29, 1.82) is 0 Å². The quantitative estimate of drug-likeness (QED) is 0.297. The van der Waals surface area contributed by atoms with Crippen molar-refractivity contribution < 1.29 is 9.59 Å². The molecule has 0 atom stereocenters. The molecule has 5 nitrogen and oxygen atoms in total. The van der Waals surface area contributed by atoms with Gasteiger partial charge in [0.25, 0.3) is 11.8 Å². The van der Waals surface area contributed by atoms with Crippen LogP contribution in [-0.2, 0) is 22.6 Å². The molecule has 176 valence electrons. The second-order valence-electron chi connectivity index (χ2n) is 8.88. The van der Waals surface area contributed by atoms with Crippen LogP contribution in [0.3, 0.4) is 0 Å². The van der Waals surface area contributed by atoms with E-state index in [9.17, 15) is 9.59 Å². The molecule has 0 unspecified atom stereocenters. The lowest BCUT2D eigenvalue weighted by molar-refractivity contribution is -0.122. The number of benzene rings is 3. The van der Waals surface area contributed by atoms with E-state index in [0.29, 0.717) is 5.69 Å². The van der Waals surface area contributed by atoms with Gasteiger partial charge in [0.15, 0.2) is 5.11 Å². The summed E-state index contributed by atoms with van der Waals surface area (Å²) in [6.45, 7) is 5.60. The van der Waals surface area contributed by atoms with Gasteiger partial charge in [0.05, 0.1) is 5.69 Å². The Morgan fingerprint density at radius 1 is 1.03 bits per heavy atom. The first-order valence-corrected chi connectivity index (χ1v) is 12.2. The highest BCUT2D eigenvalue weighted by molar-refractivity contribution is 7.80. The van der Waals surface area contributed by atoms with Crippen molar-refractivity contribution in [2.24, 2.45) is 0 Å². The molecular formula is C28H24ClN3O2S. The second kappa shape index (κ2) is 9.29. The number of hydrogen-bond acceptors (Lipinski definition) is 4. The molecule has 2 aliphatic heterocycles. The molecule has 0 aromatic heterocycles. The summed E-state index contributed by atoms with van der Waals surface area (Å²) < 4.78 is 0. The number of aryl methyl sites for hydroxylation is 2. The number of thiocarbonyl (C=S) groups is 1. The summed E-state index contributed by atoms with van der Waals surface area (Å²) in [5.41, 5.74) is 7.06.